The van der Waals surface area contributed by atoms with Crippen LogP contribution in [-0.2, 0) is 4.74 Å². The van der Waals surface area contributed by atoms with E-state index in [0.29, 0.717) is 6.61 Å². The van der Waals surface area contributed by atoms with Gasteiger partial charge in [0.15, 0.2) is 6.40 Å². The SMILES string of the molecule is C(=Nc1ccccc1)OC/C=C/c1ccccc1. The van der Waals surface area contributed by atoms with Gasteiger partial charge in [-0.25, -0.2) is 4.99 Å². The van der Waals surface area contributed by atoms with Crippen molar-refractivity contribution < 1.29 is 4.74 Å². The van der Waals surface area contributed by atoms with Crippen LogP contribution < -0.4 is 0 Å². The van der Waals surface area contributed by atoms with Crippen LogP contribution >= 0.6 is 0 Å². The summed E-state index contributed by atoms with van der Waals surface area (Å²) in [5, 5.41) is 0. The first-order chi connectivity index (χ1) is 8.95. The standard InChI is InChI=1S/C16H15NO/c1-3-8-15(9-4-1)10-7-13-18-14-17-16-11-5-2-6-12-16/h1-12,14H,13H2/b10-7+,17-14?. The quantitative estimate of drug-likeness (QED) is 0.436. The van der Waals surface area contributed by atoms with E-state index in [0.717, 1.165) is 5.69 Å². The number of benzene rings is 2. The summed E-state index contributed by atoms with van der Waals surface area (Å²) in [6, 6.07) is 19.8. The molecule has 0 aliphatic heterocycles. The molecule has 0 saturated carbocycles. The van der Waals surface area contributed by atoms with Gasteiger partial charge in [-0.05, 0) is 23.8 Å². The molecule has 0 atom stereocenters. The molecule has 2 aromatic carbocycles. The van der Waals surface area contributed by atoms with Crippen LogP contribution in [0.25, 0.3) is 6.08 Å². The van der Waals surface area contributed by atoms with Crippen molar-refractivity contribution in [2.24, 2.45) is 4.99 Å². The van der Waals surface area contributed by atoms with Crippen molar-refractivity contribution in [3.63, 3.8) is 0 Å². The number of para-hydroxylation sites is 1. The second kappa shape index (κ2) is 7.07. The average Bonchev–Trinajstić information content (AvgIpc) is 2.45. The summed E-state index contributed by atoms with van der Waals surface area (Å²) in [6.07, 6.45) is 5.47. The van der Waals surface area contributed by atoms with Gasteiger partial charge in [0, 0.05) is 0 Å². The maximum atomic E-state index is 5.28. The zero-order valence-electron chi connectivity index (χ0n) is 10.1. The number of ether oxygens (including phenoxy) is 1. The summed E-state index contributed by atoms with van der Waals surface area (Å²) >= 11 is 0. The molecule has 0 aliphatic carbocycles. The summed E-state index contributed by atoms with van der Waals surface area (Å²) in [5.74, 6) is 0. The van der Waals surface area contributed by atoms with Crippen molar-refractivity contribution >= 4 is 18.2 Å². The molecule has 0 spiro atoms. The van der Waals surface area contributed by atoms with Gasteiger partial charge in [0.1, 0.15) is 6.61 Å². The number of hydrogen-bond acceptors (Lipinski definition) is 2. The molecule has 0 radical (unpaired) electrons. The molecule has 0 amide bonds. The van der Waals surface area contributed by atoms with Gasteiger partial charge in [0.2, 0.25) is 0 Å². The smallest absolute Gasteiger partial charge is 0.174 e. The van der Waals surface area contributed by atoms with Gasteiger partial charge in [0.05, 0.1) is 5.69 Å². The second-order valence-electron chi connectivity index (χ2n) is 3.72. The van der Waals surface area contributed by atoms with Gasteiger partial charge in [-0.2, -0.15) is 0 Å². The van der Waals surface area contributed by atoms with Crippen molar-refractivity contribution in [2.75, 3.05) is 6.61 Å². The molecule has 0 aliphatic rings. The van der Waals surface area contributed by atoms with Gasteiger partial charge in [-0.1, -0.05) is 54.6 Å². The molecule has 2 nitrogen and oxygen atoms in total. The molecule has 18 heavy (non-hydrogen) atoms. The first-order valence-electron chi connectivity index (χ1n) is 5.86. The molecule has 2 heteroatoms. The summed E-state index contributed by atoms with van der Waals surface area (Å²) < 4.78 is 5.28. The van der Waals surface area contributed by atoms with E-state index in [1.54, 1.807) is 0 Å². The van der Waals surface area contributed by atoms with Crippen LogP contribution in [0.3, 0.4) is 0 Å². The molecule has 0 bridgehead atoms. The first-order valence-corrected chi connectivity index (χ1v) is 5.86. The van der Waals surface area contributed by atoms with E-state index < -0.39 is 0 Å². The molecule has 0 fully saturated rings. The highest BCUT2D eigenvalue weighted by molar-refractivity contribution is 5.56. The molecule has 90 valence electrons. The Labute approximate surface area is 107 Å². The maximum Gasteiger partial charge on any atom is 0.174 e. The van der Waals surface area contributed by atoms with Crippen molar-refractivity contribution in [1.29, 1.82) is 0 Å². The molecule has 2 rings (SSSR count). The largest absolute Gasteiger partial charge is 0.479 e. The Morgan fingerprint density at radius 2 is 1.56 bits per heavy atom. The maximum absolute atomic E-state index is 5.28. The number of nitrogens with zero attached hydrogens (tertiary/aromatic N) is 1. The topological polar surface area (TPSA) is 21.6 Å². The molecule has 2 aromatic rings. The Morgan fingerprint density at radius 1 is 0.889 bits per heavy atom. The fourth-order valence-electron chi connectivity index (χ4n) is 1.46. The minimum atomic E-state index is 0.519. The Bertz CT molecular complexity index is 454. The monoisotopic (exact) mass is 237 g/mol. The van der Waals surface area contributed by atoms with Crippen LogP contribution in [0.4, 0.5) is 5.69 Å². The van der Waals surface area contributed by atoms with E-state index in [9.17, 15) is 0 Å². The number of hydrogen-bond donors (Lipinski definition) is 0. The summed E-state index contributed by atoms with van der Waals surface area (Å²) in [5.41, 5.74) is 2.06. The minimum absolute atomic E-state index is 0.519. The van der Waals surface area contributed by atoms with Gasteiger partial charge in [-0.3, -0.25) is 0 Å². The van der Waals surface area contributed by atoms with E-state index >= 15 is 0 Å². The Hall–Kier alpha value is -2.35. The summed E-state index contributed by atoms with van der Waals surface area (Å²) in [6.45, 7) is 0.519. The zero-order valence-corrected chi connectivity index (χ0v) is 10.1. The normalized spacial score (nSPS) is 11.1. The fourth-order valence-corrected chi connectivity index (χ4v) is 1.46. The number of aliphatic imine (C=N–C) groups is 1. The lowest BCUT2D eigenvalue weighted by Crippen LogP contribution is -1.86. The third-order valence-corrected chi connectivity index (χ3v) is 2.33. The minimum Gasteiger partial charge on any atom is -0.479 e. The predicted octanol–water partition coefficient (Wildman–Crippen LogP) is 4.08. The number of rotatable bonds is 5. The van der Waals surface area contributed by atoms with E-state index in [2.05, 4.69) is 17.1 Å². The fraction of sp³-hybridized carbons (Fsp3) is 0.0625. The van der Waals surface area contributed by atoms with E-state index in [-0.39, 0.29) is 0 Å². The summed E-state index contributed by atoms with van der Waals surface area (Å²) in [7, 11) is 0. The van der Waals surface area contributed by atoms with Crippen molar-refractivity contribution in [3.8, 4) is 0 Å². The lowest BCUT2D eigenvalue weighted by atomic mass is 10.2. The Balaban J connectivity index is 1.73. The van der Waals surface area contributed by atoms with Crippen LogP contribution in [-0.4, -0.2) is 13.0 Å². The van der Waals surface area contributed by atoms with Gasteiger partial charge in [0.25, 0.3) is 0 Å². The second-order valence-corrected chi connectivity index (χ2v) is 3.72. The highest BCUT2D eigenvalue weighted by atomic mass is 16.5. The molecular formula is C16H15NO. The zero-order chi connectivity index (χ0) is 12.5. The molecule has 0 aromatic heterocycles. The van der Waals surface area contributed by atoms with E-state index in [1.807, 2.05) is 60.7 Å². The van der Waals surface area contributed by atoms with Crippen LogP contribution in [0.5, 0.6) is 0 Å². The molecule has 0 heterocycles. The van der Waals surface area contributed by atoms with Crippen LogP contribution in [0.15, 0.2) is 71.7 Å². The molecule has 0 unspecified atom stereocenters. The first kappa shape index (κ1) is 12.1. The third-order valence-electron chi connectivity index (χ3n) is 2.33. The van der Waals surface area contributed by atoms with Crippen molar-refractivity contribution in [2.45, 2.75) is 0 Å². The Morgan fingerprint density at radius 3 is 2.28 bits per heavy atom. The highest BCUT2D eigenvalue weighted by Crippen LogP contribution is 2.08. The van der Waals surface area contributed by atoms with E-state index in [4.69, 9.17) is 4.74 Å². The van der Waals surface area contributed by atoms with Crippen molar-refractivity contribution in [1.82, 2.24) is 0 Å². The van der Waals surface area contributed by atoms with Crippen LogP contribution in [0.2, 0.25) is 0 Å². The van der Waals surface area contributed by atoms with Gasteiger partial charge >= 0.3 is 0 Å². The van der Waals surface area contributed by atoms with Gasteiger partial charge < -0.3 is 4.74 Å². The lowest BCUT2D eigenvalue weighted by Gasteiger charge is -1.95. The van der Waals surface area contributed by atoms with Crippen LogP contribution in [0.1, 0.15) is 5.56 Å². The van der Waals surface area contributed by atoms with Crippen molar-refractivity contribution in [3.05, 3.63) is 72.3 Å². The molecular weight excluding hydrogens is 222 g/mol. The molecule has 0 saturated heterocycles. The lowest BCUT2D eigenvalue weighted by molar-refractivity contribution is 0.368. The van der Waals surface area contributed by atoms with Crippen LogP contribution in [0, 0.1) is 0 Å². The van der Waals surface area contributed by atoms with Gasteiger partial charge in [-0.15, -0.1) is 0 Å². The Kier molecular flexibility index (Phi) is 4.76. The predicted molar refractivity (Wildman–Crippen MR) is 76.0 cm³/mol. The highest BCUT2D eigenvalue weighted by Gasteiger charge is 1.84. The average molecular weight is 237 g/mol. The summed E-state index contributed by atoms with van der Waals surface area (Å²) in [4.78, 5) is 4.17. The molecule has 0 N–H and O–H groups in total. The van der Waals surface area contributed by atoms with E-state index in [1.165, 1.54) is 12.0 Å². The third kappa shape index (κ3) is 4.26.